The zero-order chi connectivity index (χ0) is 16.7. The number of nitrogens with one attached hydrogen (secondary N) is 1. The average molecular weight is 332 g/mol. The van der Waals surface area contributed by atoms with Crippen molar-refractivity contribution in [2.75, 3.05) is 13.1 Å². The smallest absolute Gasteiger partial charge is 0.241 e. The monoisotopic (exact) mass is 332 g/mol. The van der Waals surface area contributed by atoms with Gasteiger partial charge in [0.15, 0.2) is 0 Å². The third kappa shape index (κ3) is 4.91. The number of carbonyl (C=O) groups is 1. The van der Waals surface area contributed by atoms with Crippen molar-refractivity contribution in [2.24, 2.45) is 0 Å². The maximum atomic E-state index is 12.3. The Labute approximate surface area is 137 Å². The Morgan fingerprint density at radius 3 is 2.13 bits per heavy atom. The molecule has 2 rings (SSSR count). The van der Waals surface area contributed by atoms with Gasteiger partial charge in [-0.15, -0.1) is 0 Å². The molecule has 0 atom stereocenters. The first-order valence-corrected chi connectivity index (χ1v) is 8.87. The van der Waals surface area contributed by atoms with Crippen LogP contribution in [0.15, 0.2) is 65.6 Å². The highest BCUT2D eigenvalue weighted by atomic mass is 32.2. The number of likely N-dealkylation sites (N-methyl/N-ethyl adjacent to an activating group) is 1. The summed E-state index contributed by atoms with van der Waals surface area (Å²) in [6.07, 6.45) is 0. The van der Waals surface area contributed by atoms with Crippen molar-refractivity contribution < 1.29 is 13.2 Å². The average Bonchev–Trinajstić information content (AvgIpc) is 2.59. The van der Waals surface area contributed by atoms with Crippen LogP contribution in [0.2, 0.25) is 0 Å². The summed E-state index contributed by atoms with van der Waals surface area (Å²) in [5, 5.41) is 0. The largest absolute Gasteiger partial charge is 0.338 e. The zero-order valence-electron chi connectivity index (χ0n) is 13.0. The van der Waals surface area contributed by atoms with E-state index in [1.165, 1.54) is 12.1 Å². The second kappa shape index (κ2) is 7.89. The maximum absolute atomic E-state index is 12.3. The van der Waals surface area contributed by atoms with Crippen LogP contribution >= 0.6 is 0 Å². The van der Waals surface area contributed by atoms with E-state index in [1.54, 1.807) is 23.1 Å². The van der Waals surface area contributed by atoms with E-state index >= 15 is 0 Å². The number of benzene rings is 2. The van der Waals surface area contributed by atoms with Gasteiger partial charge in [-0.2, -0.15) is 0 Å². The van der Waals surface area contributed by atoms with Gasteiger partial charge in [-0.05, 0) is 24.6 Å². The van der Waals surface area contributed by atoms with Crippen molar-refractivity contribution >= 4 is 15.9 Å². The Hall–Kier alpha value is -2.18. The number of rotatable bonds is 7. The summed E-state index contributed by atoms with van der Waals surface area (Å²) in [5.74, 6) is -0.254. The van der Waals surface area contributed by atoms with Crippen LogP contribution in [0.3, 0.4) is 0 Å². The molecule has 0 saturated carbocycles. The lowest BCUT2D eigenvalue weighted by Crippen LogP contribution is -2.39. The van der Waals surface area contributed by atoms with E-state index in [0.29, 0.717) is 13.1 Å². The molecule has 2 aromatic carbocycles. The number of amides is 1. The second-order valence-corrected chi connectivity index (χ2v) is 6.80. The van der Waals surface area contributed by atoms with Gasteiger partial charge in [0.2, 0.25) is 15.9 Å². The molecule has 1 amide bonds. The summed E-state index contributed by atoms with van der Waals surface area (Å²) >= 11 is 0. The van der Waals surface area contributed by atoms with Gasteiger partial charge in [-0.1, -0.05) is 48.5 Å². The van der Waals surface area contributed by atoms with E-state index in [4.69, 9.17) is 0 Å². The Morgan fingerprint density at radius 1 is 1.00 bits per heavy atom. The molecular formula is C17H20N2O3S. The topological polar surface area (TPSA) is 66.5 Å². The molecule has 0 bridgehead atoms. The quantitative estimate of drug-likeness (QED) is 0.843. The van der Waals surface area contributed by atoms with Gasteiger partial charge in [0.25, 0.3) is 0 Å². The predicted octanol–water partition coefficient (Wildman–Crippen LogP) is 2.01. The third-order valence-electron chi connectivity index (χ3n) is 3.42. The summed E-state index contributed by atoms with van der Waals surface area (Å²) < 4.78 is 26.6. The van der Waals surface area contributed by atoms with Gasteiger partial charge >= 0.3 is 0 Å². The fourth-order valence-electron chi connectivity index (χ4n) is 2.13. The van der Waals surface area contributed by atoms with Gasteiger partial charge < -0.3 is 4.90 Å². The van der Waals surface area contributed by atoms with Crippen molar-refractivity contribution in [1.29, 1.82) is 0 Å². The van der Waals surface area contributed by atoms with Crippen molar-refractivity contribution in [3.8, 4) is 0 Å². The Balaban J connectivity index is 1.97. The highest BCUT2D eigenvalue weighted by molar-refractivity contribution is 7.89. The zero-order valence-corrected chi connectivity index (χ0v) is 13.8. The normalized spacial score (nSPS) is 11.2. The van der Waals surface area contributed by atoms with E-state index in [0.717, 1.165) is 5.56 Å². The van der Waals surface area contributed by atoms with Crippen molar-refractivity contribution in [2.45, 2.75) is 18.4 Å². The number of hydrogen-bond acceptors (Lipinski definition) is 3. The Morgan fingerprint density at radius 2 is 1.57 bits per heavy atom. The molecule has 1 N–H and O–H groups in total. The first-order chi connectivity index (χ1) is 11.0. The molecule has 6 heteroatoms. The molecule has 0 aliphatic heterocycles. The molecule has 0 heterocycles. The van der Waals surface area contributed by atoms with Crippen LogP contribution in [0.4, 0.5) is 0 Å². The van der Waals surface area contributed by atoms with Gasteiger partial charge in [-0.25, -0.2) is 13.1 Å². The fraction of sp³-hybridized carbons (Fsp3) is 0.235. The molecule has 122 valence electrons. The van der Waals surface area contributed by atoms with Crippen LogP contribution in [0, 0.1) is 0 Å². The van der Waals surface area contributed by atoms with E-state index in [-0.39, 0.29) is 17.3 Å². The van der Waals surface area contributed by atoms with E-state index in [2.05, 4.69) is 4.72 Å². The molecule has 0 unspecified atom stereocenters. The van der Waals surface area contributed by atoms with Crippen LogP contribution in [0.25, 0.3) is 0 Å². The number of hydrogen-bond donors (Lipinski definition) is 1. The minimum Gasteiger partial charge on any atom is -0.338 e. The van der Waals surface area contributed by atoms with Crippen LogP contribution in [0.5, 0.6) is 0 Å². The van der Waals surface area contributed by atoms with Gasteiger partial charge in [0.1, 0.15) is 0 Å². The van der Waals surface area contributed by atoms with Crippen molar-refractivity contribution in [3.63, 3.8) is 0 Å². The van der Waals surface area contributed by atoms with Crippen LogP contribution in [0.1, 0.15) is 12.5 Å². The SMILES string of the molecule is CCN(Cc1ccccc1)C(=O)CNS(=O)(=O)c1ccccc1. The highest BCUT2D eigenvalue weighted by Crippen LogP contribution is 2.08. The molecule has 0 radical (unpaired) electrons. The molecule has 23 heavy (non-hydrogen) atoms. The minimum absolute atomic E-state index is 0.152. The number of nitrogens with zero attached hydrogens (tertiary/aromatic N) is 1. The standard InChI is InChI=1S/C17H20N2O3S/c1-2-19(14-15-9-5-3-6-10-15)17(20)13-18-23(21,22)16-11-7-4-8-12-16/h3-12,18H,2,13-14H2,1H3. The van der Waals surface area contributed by atoms with Crippen LogP contribution in [-0.4, -0.2) is 32.3 Å². The maximum Gasteiger partial charge on any atom is 0.241 e. The second-order valence-electron chi connectivity index (χ2n) is 5.03. The first-order valence-electron chi connectivity index (χ1n) is 7.39. The fourth-order valence-corrected chi connectivity index (χ4v) is 3.13. The van der Waals surface area contributed by atoms with Crippen molar-refractivity contribution in [3.05, 3.63) is 66.2 Å². The lowest BCUT2D eigenvalue weighted by molar-refractivity contribution is -0.130. The Kier molecular flexibility index (Phi) is 5.90. The number of sulfonamides is 1. The van der Waals surface area contributed by atoms with E-state index < -0.39 is 10.0 Å². The van der Waals surface area contributed by atoms with Crippen LogP contribution in [-0.2, 0) is 21.4 Å². The Bertz CT molecular complexity index is 731. The van der Waals surface area contributed by atoms with Crippen molar-refractivity contribution in [1.82, 2.24) is 9.62 Å². The molecular weight excluding hydrogens is 312 g/mol. The van der Waals surface area contributed by atoms with E-state index in [9.17, 15) is 13.2 Å². The lowest BCUT2D eigenvalue weighted by Gasteiger charge is -2.21. The minimum atomic E-state index is -3.67. The summed E-state index contributed by atoms with van der Waals surface area (Å²) in [6, 6.07) is 17.6. The molecule has 2 aromatic rings. The lowest BCUT2D eigenvalue weighted by atomic mass is 10.2. The summed E-state index contributed by atoms with van der Waals surface area (Å²) in [5.41, 5.74) is 1.01. The molecule has 0 aliphatic rings. The van der Waals surface area contributed by atoms with Gasteiger partial charge in [0, 0.05) is 13.1 Å². The highest BCUT2D eigenvalue weighted by Gasteiger charge is 2.18. The molecule has 0 fully saturated rings. The molecule has 5 nitrogen and oxygen atoms in total. The first kappa shape index (κ1) is 17.2. The van der Waals surface area contributed by atoms with Gasteiger partial charge in [0.05, 0.1) is 11.4 Å². The predicted molar refractivity (Wildman–Crippen MR) is 89.2 cm³/mol. The molecule has 0 saturated heterocycles. The summed E-state index contributed by atoms with van der Waals surface area (Å²) in [6.45, 7) is 2.59. The summed E-state index contributed by atoms with van der Waals surface area (Å²) in [4.78, 5) is 14.0. The van der Waals surface area contributed by atoms with Crippen LogP contribution < -0.4 is 4.72 Å². The van der Waals surface area contributed by atoms with E-state index in [1.807, 2.05) is 37.3 Å². The van der Waals surface area contributed by atoms with Gasteiger partial charge in [-0.3, -0.25) is 4.79 Å². The third-order valence-corrected chi connectivity index (χ3v) is 4.83. The molecule has 0 aromatic heterocycles. The number of carbonyl (C=O) groups excluding carboxylic acids is 1. The molecule has 0 aliphatic carbocycles. The summed E-state index contributed by atoms with van der Waals surface area (Å²) in [7, 11) is -3.67. The molecule has 0 spiro atoms.